The number of ether oxygens (including phenoxy) is 1. The molecule has 0 unspecified atom stereocenters. The number of fused-ring (bicyclic) bond motifs is 1. The average Bonchev–Trinajstić information content (AvgIpc) is 3.18. The summed E-state index contributed by atoms with van der Waals surface area (Å²) < 4.78 is 8.40. The molecule has 0 atom stereocenters. The van der Waals surface area contributed by atoms with Crippen molar-refractivity contribution >= 4 is 22.9 Å². The largest absolute Gasteiger partial charge is 0.490 e. The van der Waals surface area contributed by atoms with Crippen LogP contribution in [0.1, 0.15) is 57.1 Å². The molecule has 2 aliphatic rings. The van der Waals surface area contributed by atoms with Gasteiger partial charge in [-0.25, -0.2) is 4.79 Å². The van der Waals surface area contributed by atoms with Crippen molar-refractivity contribution in [3.63, 3.8) is 0 Å². The molecule has 2 amide bonds. The summed E-state index contributed by atoms with van der Waals surface area (Å²) in [6.45, 7) is 12.2. The minimum absolute atomic E-state index is 0.0477. The number of carbonyl (C=O) groups is 2. The van der Waals surface area contributed by atoms with E-state index in [1.54, 1.807) is 4.90 Å². The third-order valence-electron chi connectivity index (χ3n) is 6.89. The summed E-state index contributed by atoms with van der Waals surface area (Å²) >= 11 is 0. The maximum Gasteiger partial charge on any atom is 0.407 e. The Morgan fingerprint density at radius 1 is 0.909 bits per heavy atom. The van der Waals surface area contributed by atoms with E-state index in [2.05, 4.69) is 37.2 Å². The van der Waals surface area contributed by atoms with E-state index in [0.717, 1.165) is 42.6 Å². The Hall–Kier alpha value is -2.74. The molecule has 33 heavy (non-hydrogen) atoms. The molecule has 1 aromatic heterocycles. The topological polar surface area (TPSA) is 78.2 Å². The van der Waals surface area contributed by atoms with Crippen LogP contribution in [0.15, 0.2) is 24.3 Å². The number of likely N-dealkylation sites (tertiary alicyclic amines) is 1. The first-order chi connectivity index (χ1) is 15.7. The second kappa shape index (κ2) is 9.63. The van der Waals surface area contributed by atoms with E-state index >= 15 is 0 Å². The normalized spacial score (nSPS) is 18.5. The lowest BCUT2D eigenvalue weighted by molar-refractivity contribution is 0.0614. The predicted molar refractivity (Wildman–Crippen MR) is 128 cm³/mol. The number of rotatable bonds is 5. The molecule has 2 saturated heterocycles. The first-order valence-electron chi connectivity index (χ1n) is 12.1. The molecule has 1 N–H and O–H groups in total. The number of amides is 2. The smallest absolute Gasteiger partial charge is 0.407 e. The molecule has 0 bridgehead atoms. The third kappa shape index (κ3) is 4.95. The standard InChI is InChI=1S/C25H36N4O4/c1-17(2)26-9-7-20(8-10-26)33-21-5-6-22-19(15-21)16-23(29(22)18(3)4)24(30)27-11-13-28(14-12-27)25(31)32/h5-6,15-18,20H,7-14H2,1-4H3,(H,31,32). The number of hydrogen-bond acceptors (Lipinski definition) is 4. The van der Waals surface area contributed by atoms with E-state index in [1.807, 2.05) is 24.3 Å². The summed E-state index contributed by atoms with van der Waals surface area (Å²) in [4.78, 5) is 30.1. The van der Waals surface area contributed by atoms with Gasteiger partial charge in [0, 0.05) is 62.3 Å². The molecule has 3 heterocycles. The van der Waals surface area contributed by atoms with E-state index in [1.165, 1.54) is 4.90 Å². The van der Waals surface area contributed by atoms with Crippen LogP contribution >= 0.6 is 0 Å². The lowest BCUT2D eigenvalue weighted by Gasteiger charge is -2.34. The average molecular weight is 457 g/mol. The van der Waals surface area contributed by atoms with Gasteiger partial charge in [0.1, 0.15) is 17.5 Å². The number of piperazine rings is 1. The van der Waals surface area contributed by atoms with E-state index in [4.69, 9.17) is 4.74 Å². The van der Waals surface area contributed by atoms with Crippen molar-refractivity contribution < 1.29 is 19.4 Å². The predicted octanol–water partition coefficient (Wildman–Crippen LogP) is 3.91. The van der Waals surface area contributed by atoms with Crippen LogP contribution in [0.2, 0.25) is 0 Å². The molecule has 0 saturated carbocycles. The molecule has 8 heteroatoms. The van der Waals surface area contributed by atoms with Crippen molar-refractivity contribution in [3.8, 4) is 5.75 Å². The van der Waals surface area contributed by atoms with Crippen LogP contribution in [0.4, 0.5) is 4.79 Å². The second-order valence-corrected chi connectivity index (χ2v) is 9.72. The first-order valence-corrected chi connectivity index (χ1v) is 12.1. The van der Waals surface area contributed by atoms with Gasteiger partial charge >= 0.3 is 6.09 Å². The zero-order valence-electron chi connectivity index (χ0n) is 20.2. The fourth-order valence-electron chi connectivity index (χ4n) is 4.97. The van der Waals surface area contributed by atoms with Crippen LogP contribution in [0, 0.1) is 0 Å². The number of piperidine rings is 1. The Bertz CT molecular complexity index is 999. The van der Waals surface area contributed by atoms with Crippen molar-refractivity contribution in [2.75, 3.05) is 39.3 Å². The van der Waals surface area contributed by atoms with Crippen molar-refractivity contribution in [2.24, 2.45) is 0 Å². The highest BCUT2D eigenvalue weighted by atomic mass is 16.5. The van der Waals surface area contributed by atoms with Gasteiger partial charge in [0.25, 0.3) is 5.91 Å². The van der Waals surface area contributed by atoms with Gasteiger partial charge in [0.05, 0.1) is 0 Å². The van der Waals surface area contributed by atoms with Crippen molar-refractivity contribution in [1.29, 1.82) is 0 Å². The van der Waals surface area contributed by atoms with Gasteiger partial charge in [-0.15, -0.1) is 0 Å². The van der Waals surface area contributed by atoms with Gasteiger partial charge in [-0.1, -0.05) is 0 Å². The Kier molecular flexibility index (Phi) is 6.83. The highest BCUT2D eigenvalue weighted by molar-refractivity contribution is 5.99. The van der Waals surface area contributed by atoms with Crippen molar-refractivity contribution in [2.45, 2.75) is 58.7 Å². The quantitative estimate of drug-likeness (QED) is 0.738. The summed E-state index contributed by atoms with van der Waals surface area (Å²) in [5.41, 5.74) is 1.66. The highest BCUT2D eigenvalue weighted by Gasteiger charge is 2.28. The van der Waals surface area contributed by atoms with E-state index in [0.29, 0.717) is 37.9 Å². The number of nitrogens with zero attached hydrogens (tertiary/aromatic N) is 4. The van der Waals surface area contributed by atoms with Crippen LogP contribution < -0.4 is 4.74 Å². The molecule has 8 nitrogen and oxygen atoms in total. The van der Waals surface area contributed by atoms with Crippen LogP contribution in [0.25, 0.3) is 10.9 Å². The number of carbonyl (C=O) groups excluding carboxylic acids is 1. The lowest BCUT2D eigenvalue weighted by atomic mass is 10.1. The zero-order chi connectivity index (χ0) is 23.7. The molecular weight excluding hydrogens is 420 g/mol. The van der Waals surface area contributed by atoms with Crippen molar-refractivity contribution in [1.82, 2.24) is 19.3 Å². The molecule has 2 aromatic rings. The van der Waals surface area contributed by atoms with E-state index < -0.39 is 6.09 Å². The Labute approximate surface area is 195 Å². The summed E-state index contributed by atoms with van der Waals surface area (Å²) in [6, 6.07) is 8.75. The molecule has 0 spiro atoms. The van der Waals surface area contributed by atoms with Crippen LogP contribution in [-0.4, -0.2) is 87.8 Å². The zero-order valence-corrected chi connectivity index (χ0v) is 20.2. The summed E-state index contributed by atoms with van der Waals surface area (Å²) in [6.07, 6.45) is 1.34. The van der Waals surface area contributed by atoms with Gasteiger partial charge in [0.15, 0.2) is 0 Å². The summed E-state index contributed by atoms with van der Waals surface area (Å²) in [5, 5.41) is 10.2. The highest BCUT2D eigenvalue weighted by Crippen LogP contribution is 2.30. The van der Waals surface area contributed by atoms with Gasteiger partial charge in [-0.3, -0.25) is 4.79 Å². The van der Waals surface area contributed by atoms with E-state index in [-0.39, 0.29) is 18.1 Å². The lowest BCUT2D eigenvalue weighted by Crippen LogP contribution is -2.50. The maximum absolute atomic E-state index is 13.4. The number of aromatic nitrogens is 1. The number of benzene rings is 1. The molecule has 2 aliphatic heterocycles. The molecule has 2 fully saturated rings. The molecule has 0 radical (unpaired) electrons. The Balaban J connectivity index is 1.52. The summed E-state index contributed by atoms with van der Waals surface area (Å²) in [7, 11) is 0. The summed E-state index contributed by atoms with van der Waals surface area (Å²) in [5.74, 6) is 0.800. The van der Waals surface area contributed by atoms with Crippen LogP contribution in [0.5, 0.6) is 5.75 Å². The minimum Gasteiger partial charge on any atom is -0.490 e. The van der Waals surface area contributed by atoms with E-state index in [9.17, 15) is 14.7 Å². The van der Waals surface area contributed by atoms with Gasteiger partial charge in [0.2, 0.25) is 0 Å². The fourth-order valence-corrected chi connectivity index (χ4v) is 4.97. The van der Waals surface area contributed by atoms with Crippen LogP contribution in [0.3, 0.4) is 0 Å². The first kappa shape index (κ1) is 23.4. The second-order valence-electron chi connectivity index (χ2n) is 9.72. The number of hydrogen-bond donors (Lipinski definition) is 1. The Morgan fingerprint density at radius 2 is 1.55 bits per heavy atom. The van der Waals surface area contributed by atoms with Gasteiger partial charge in [-0.05, 0) is 64.8 Å². The molecular formula is C25H36N4O4. The molecule has 4 rings (SSSR count). The number of carboxylic acid groups (broad SMARTS) is 1. The molecule has 1 aromatic carbocycles. The van der Waals surface area contributed by atoms with Crippen molar-refractivity contribution in [3.05, 3.63) is 30.0 Å². The maximum atomic E-state index is 13.4. The fraction of sp³-hybridized carbons (Fsp3) is 0.600. The monoisotopic (exact) mass is 456 g/mol. The van der Waals surface area contributed by atoms with Gasteiger partial charge in [-0.2, -0.15) is 0 Å². The third-order valence-corrected chi connectivity index (χ3v) is 6.89. The Morgan fingerprint density at radius 3 is 2.12 bits per heavy atom. The SMILES string of the molecule is CC(C)N1CCC(Oc2ccc3c(c2)cc(C(=O)N2CCN(C(=O)O)CC2)n3C(C)C)CC1. The molecule has 0 aliphatic carbocycles. The molecule has 180 valence electrons. The minimum atomic E-state index is -0.930. The van der Waals surface area contributed by atoms with Gasteiger partial charge < -0.3 is 29.1 Å². The van der Waals surface area contributed by atoms with Crippen LogP contribution in [-0.2, 0) is 0 Å².